The van der Waals surface area contributed by atoms with Gasteiger partial charge in [-0.1, -0.05) is 38.6 Å². The van der Waals surface area contributed by atoms with Gasteiger partial charge >= 0.3 is 0 Å². The lowest BCUT2D eigenvalue weighted by atomic mass is 10.0. The molecular weight excluding hydrogens is 347 g/mol. The summed E-state index contributed by atoms with van der Waals surface area (Å²) in [6, 6.07) is 7.26. The molecule has 144 valence electrons. The molecule has 0 aliphatic rings. The zero-order chi connectivity index (χ0) is 20.6. The van der Waals surface area contributed by atoms with Crippen LogP contribution in [0, 0.1) is 16.6 Å². The van der Waals surface area contributed by atoms with E-state index in [1.54, 1.807) is 18.2 Å². The second-order valence-electron chi connectivity index (χ2n) is 5.24. The summed E-state index contributed by atoms with van der Waals surface area (Å²) in [7, 11) is 1.40. The summed E-state index contributed by atoms with van der Waals surface area (Å²) in [5, 5.41) is 16.0. The van der Waals surface area contributed by atoms with Gasteiger partial charge in [0, 0.05) is 6.42 Å². The van der Waals surface area contributed by atoms with E-state index < -0.39 is 0 Å². The average molecular weight is 372 g/mol. The highest BCUT2D eigenvalue weighted by molar-refractivity contribution is 6.04. The molecule has 0 saturated heterocycles. The van der Waals surface area contributed by atoms with Gasteiger partial charge in [0.2, 0.25) is 5.90 Å². The number of anilines is 2. The number of rotatable bonds is 5. The highest BCUT2D eigenvalue weighted by Gasteiger charge is 2.19. The maximum absolute atomic E-state index is 12.9. The van der Waals surface area contributed by atoms with Gasteiger partial charge in [-0.2, -0.15) is 0 Å². The summed E-state index contributed by atoms with van der Waals surface area (Å²) in [5.41, 5.74) is 13.8. The summed E-state index contributed by atoms with van der Waals surface area (Å²) in [6.07, 6.45) is 1.62. The van der Waals surface area contributed by atoms with Crippen LogP contribution >= 0.6 is 0 Å². The zero-order valence-electron chi connectivity index (χ0n) is 15.7. The standard InChI is InChI=1S/C18H19FN4O2.C2H6/c1-3-11-9-13(17(24-2)16(22)15(11)21)18(23)25-14(20)8-10-4-6-12(19)7-5-10;1-2/h3-7,9,20,23H,1,8,21-22H2,2H3;1-2H3. The van der Waals surface area contributed by atoms with Crippen molar-refractivity contribution < 1.29 is 13.9 Å². The number of hydrogen-bond acceptors (Lipinski definition) is 6. The summed E-state index contributed by atoms with van der Waals surface area (Å²) < 4.78 is 23.4. The van der Waals surface area contributed by atoms with Gasteiger partial charge in [-0.15, -0.1) is 0 Å². The number of methoxy groups -OCH3 is 1. The van der Waals surface area contributed by atoms with Crippen molar-refractivity contribution in [1.82, 2.24) is 0 Å². The van der Waals surface area contributed by atoms with Crippen molar-refractivity contribution in [2.24, 2.45) is 0 Å². The van der Waals surface area contributed by atoms with E-state index in [0.717, 1.165) is 0 Å². The molecule has 27 heavy (non-hydrogen) atoms. The fraction of sp³-hybridized carbons (Fsp3) is 0.200. The summed E-state index contributed by atoms with van der Waals surface area (Å²) in [4.78, 5) is 0. The largest absolute Gasteiger partial charge is 0.494 e. The zero-order valence-corrected chi connectivity index (χ0v) is 15.7. The summed E-state index contributed by atoms with van der Waals surface area (Å²) in [5.74, 6) is -0.640. The molecule has 0 heterocycles. The van der Waals surface area contributed by atoms with Gasteiger partial charge < -0.3 is 20.9 Å². The van der Waals surface area contributed by atoms with Gasteiger partial charge in [-0.3, -0.25) is 10.8 Å². The van der Waals surface area contributed by atoms with Gasteiger partial charge in [-0.25, -0.2) is 4.39 Å². The second kappa shape index (κ2) is 9.96. The predicted octanol–water partition coefficient (Wildman–Crippen LogP) is 4.23. The third-order valence-electron chi connectivity index (χ3n) is 3.56. The Morgan fingerprint density at radius 3 is 2.26 bits per heavy atom. The Balaban J connectivity index is 0.00000176. The molecule has 7 heteroatoms. The normalized spacial score (nSPS) is 9.63. The average Bonchev–Trinajstić information content (AvgIpc) is 2.67. The van der Waals surface area contributed by atoms with Crippen molar-refractivity contribution in [3.05, 3.63) is 59.4 Å². The predicted molar refractivity (Wildman–Crippen MR) is 109 cm³/mol. The van der Waals surface area contributed by atoms with Gasteiger partial charge in [0.1, 0.15) is 5.82 Å². The van der Waals surface area contributed by atoms with Crippen molar-refractivity contribution in [2.45, 2.75) is 20.3 Å². The SMILES string of the molecule is C=Cc1cc(C(=N)OC(=N)Cc2ccc(F)cc2)c(OC)c(N)c1N.CC. The van der Waals surface area contributed by atoms with Crippen LogP contribution in [0.4, 0.5) is 15.8 Å². The summed E-state index contributed by atoms with van der Waals surface area (Å²) >= 11 is 0. The Morgan fingerprint density at radius 1 is 1.15 bits per heavy atom. The Hall–Kier alpha value is -3.35. The lowest BCUT2D eigenvalue weighted by molar-refractivity contribution is 0.413. The Bertz CT molecular complexity index is 833. The Morgan fingerprint density at radius 2 is 1.74 bits per heavy atom. The van der Waals surface area contributed by atoms with Crippen LogP contribution in [0.1, 0.15) is 30.5 Å². The molecule has 2 aromatic carbocycles. The summed E-state index contributed by atoms with van der Waals surface area (Å²) in [6.45, 7) is 7.65. The molecule has 6 nitrogen and oxygen atoms in total. The number of hydrogen-bond donors (Lipinski definition) is 4. The molecule has 0 radical (unpaired) electrons. The molecule has 0 bridgehead atoms. The molecule has 0 saturated carbocycles. The number of nitrogen functional groups attached to an aromatic ring is 2. The van der Waals surface area contributed by atoms with Crippen LogP contribution in [0.25, 0.3) is 6.08 Å². The van der Waals surface area contributed by atoms with Gasteiger partial charge in [0.15, 0.2) is 11.6 Å². The first kappa shape index (κ1) is 21.7. The number of nitrogens with one attached hydrogen (secondary N) is 2. The molecule has 6 N–H and O–H groups in total. The highest BCUT2D eigenvalue weighted by Crippen LogP contribution is 2.35. The van der Waals surface area contributed by atoms with E-state index in [2.05, 4.69) is 6.58 Å². The molecule has 0 atom stereocenters. The molecule has 0 aliphatic carbocycles. The minimum Gasteiger partial charge on any atom is -0.494 e. The van der Waals surface area contributed by atoms with E-state index in [1.165, 1.54) is 25.3 Å². The van der Waals surface area contributed by atoms with Gasteiger partial charge in [0.05, 0.1) is 24.0 Å². The van der Waals surface area contributed by atoms with Crippen molar-refractivity contribution in [1.29, 1.82) is 10.8 Å². The molecule has 0 aromatic heterocycles. The van der Waals surface area contributed by atoms with Crippen molar-refractivity contribution in [2.75, 3.05) is 18.6 Å². The fourth-order valence-electron chi connectivity index (χ4n) is 2.28. The monoisotopic (exact) mass is 372 g/mol. The minimum atomic E-state index is -0.358. The molecule has 2 rings (SSSR count). The topological polar surface area (TPSA) is 118 Å². The van der Waals surface area contributed by atoms with Crippen molar-refractivity contribution in [3.63, 3.8) is 0 Å². The van der Waals surface area contributed by atoms with Crippen LogP contribution in [0.3, 0.4) is 0 Å². The number of benzene rings is 2. The van der Waals surface area contributed by atoms with E-state index >= 15 is 0 Å². The van der Waals surface area contributed by atoms with Crippen LogP contribution in [0.5, 0.6) is 5.75 Å². The molecule has 0 amide bonds. The fourth-order valence-corrected chi connectivity index (χ4v) is 2.28. The van der Waals surface area contributed by atoms with Gasteiger partial charge in [0.25, 0.3) is 0 Å². The first-order chi connectivity index (χ1) is 12.9. The third-order valence-corrected chi connectivity index (χ3v) is 3.56. The number of ether oxygens (including phenoxy) is 2. The smallest absolute Gasteiger partial charge is 0.224 e. The maximum Gasteiger partial charge on any atom is 0.224 e. The van der Waals surface area contributed by atoms with Crippen molar-refractivity contribution >= 4 is 29.2 Å². The van der Waals surface area contributed by atoms with E-state index in [0.29, 0.717) is 16.8 Å². The molecule has 2 aromatic rings. The molecule has 0 unspecified atom stereocenters. The highest BCUT2D eigenvalue weighted by atomic mass is 19.1. The first-order valence-electron chi connectivity index (χ1n) is 8.34. The van der Waals surface area contributed by atoms with E-state index in [9.17, 15) is 4.39 Å². The van der Waals surface area contributed by atoms with Gasteiger partial charge in [-0.05, 0) is 29.3 Å². The van der Waals surface area contributed by atoms with Crippen LogP contribution in [-0.2, 0) is 11.2 Å². The van der Waals surface area contributed by atoms with E-state index in [4.69, 9.17) is 31.8 Å². The Labute approximate surface area is 158 Å². The first-order valence-corrected chi connectivity index (χ1v) is 8.34. The molecule has 0 fully saturated rings. The third kappa shape index (κ3) is 5.31. The minimum absolute atomic E-state index is 0.115. The van der Waals surface area contributed by atoms with Crippen LogP contribution in [0.15, 0.2) is 36.9 Å². The Kier molecular flexibility index (Phi) is 8.00. The maximum atomic E-state index is 12.9. The number of halogens is 1. The van der Waals surface area contributed by atoms with Crippen LogP contribution in [-0.4, -0.2) is 18.9 Å². The second-order valence-corrected chi connectivity index (χ2v) is 5.24. The number of nitrogens with two attached hydrogens (primary N) is 2. The lowest BCUT2D eigenvalue weighted by Gasteiger charge is -2.16. The quantitative estimate of drug-likeness (QED) is 0.357. The van der Waals surface area contributed by atoms with Crippen molar-refractivity contribution in [3.8, 4) is 5.75 Å². The van der Waals surface area contributed by atoms with Crippen LogP contribution in [0.2, 0.25) is 0 Å². The molecule has 0 spiro atoms. The van der Waals surface area contributed by atoms with E-state index in [1.807, 2.05) is 13.8 Å². The van der Waals surface area contributed by atoms with Crippen LogP contribution < -0.4 is 16.2 Å². The molecular formula is C20H25FN4O2. The molecule has 0 aliphatic heterocycles. The van der Waals surface area contributed by atoms with E-state index in [-0.39, 0.29) is 41.0 Å². The lowest BCUT2D eigenvalue weighted by Crippen LogP contribution is -2.16.